The van der Waals surface area contributed by atoms with Crippen molar-refractivity contribution in [3.8, 4) is 0 Å². The Morgan fingerprint density at radius 1 is 1.35 bits per heavy atom. The zero-order valence-electron chi connectivity index (χ0n) is 11.6. The number of aromatic amines is 1. The first-order valence-electron chi connectivity index (χ1n) is 7.11. The van der Waals surface area contributed by atoms with Gasteiger partial charge in [-0.25, -0.2) is 0 Å². The van der Waals surface area contributed by atoms with E-state index >= 15 is 0 Å². The lowest BCUT2D eigenvalue weighted by molar-refractivity contribution is -0.117. The summed E-state index contributed by atoms with van der Waals surface area (Å²) >= 11 is 0. The molecule has 1 heterocycles. The number of nitrogens with one attached hydrogen (secondary N) is 2. The molecular weight excluding hydrogens is 250 g/mol. The van der Waals surface area contributed by atoms with Gasteiger partial charge in [0.1, 0.15) is 0 Å². The number of hydrogen-bond acceptors (Lipinski definition) is 2. The fourth-order valence-corrected chi connectivity index (χ4v) is 2.38. The Bertz CT molecular complexity index is 591. The number of aromatic nitrogens is 2. The minimum absolute atomic E-state index is 0.0959. The molecule has 2 N–H and O–H groups in total. The maximum absolute atomic E-state index is 11.8. The van der Waals surface area contributed by atoms with Crippen LogP contribution in [0.25, 0.3) is 0 Å². The van der Waals surface area contributed by atoms with E-state index in [4.69, 9.17) is 0 Å². The summed E-state index contributed by atoms with van der Waals surface area (Å²) in [6, 6.07) is 12.3. The molecule has 2 aromatic rings. The summed E-state index contributed by atoms with van der Waals surface area (Å²) in [5.74, 6) is 1.43. The molecule has 1 aromatic carbocycles. The van der Waals surface area contributed by atoms with Crippen LogP contribution in [0.4, 0.5) is 5.82 Å². The third-order valence-corrected chi connectivity index (χ3v) is 3.85. The van der Waals surface area contributed by atoms with Gasteiger partial charge in [-0.1, -0.05) is 37.3 Å². The third kappa shape index (κ3) is 3.07. The fourth-order valence-electron chi connectivity index (χ4n) is 2.38. The molecule has 104 valence electrons. The Labute approximate surface area is 118 Å². The van der Waals surface area contributed by atoms with E-state index in [-0.39, 0.29) is 11.8 Å². The summed E-state index contributed by atoms with van der Waals surface area (Å²) in [5.41, 5.74) is 2.35. The topological polar surface area (TPSA) is 57.8 Å². The number of carbonyl (C=O) groups is 1. The van der Waals surface area contributed by atoms with Gasteiger partial charge >= 0.3 is 0 Å². The van der Waals surface area contributed by atoms with E-state index in [1.165, 1.54) is 5.56 Å². The van der Waals surface area contributed by atoms with Crippen molar-refractivity contribution in [2.24, 2.45) is 11.8 Å². The SMILES string of the molecule is CC1CC1C(=O)Nc1cc(CCc2ccccc2)[nH]n1. The lowest BCUT2D eigenvalue weighted by Crippen LogP contribution is -2.14. The Morgan fingerprint density at radius 2 is 2.10 bits per heavy atom. The van der Waals surface area contributed by atoms with Gasteiger partial charge in [-0.15, -0.1) is 0 Å². The maximum Gasteiger partial charge on any atom is 0.228 e. The van der Waals surface area contributed by atoms with Crippen LogP contribution in [0.1, 0.15) is 24.6 Å². The summed E-state index contributed by atoms with van der Waals surface area (Å²) in [5, 5.41) is 10.0. The summed E-state index contributed by atoms with van der Waals surface area (Å²) in [7, 11) is 0. The Morgan fingerprint density at radius 3 is 2.80 bits per heavy atom. The van der Waals surface area contributed by atoms with Crippen molar-refractivity contribution in [3.63, 3.8) is 0 Å². The first-order chi connectivity index (χ1) is 9.72. The number of rotatable bonds is 5. The minimum atomic E-state index is 0.0959. The molecule has 0 bridgehead atoms. The van der Waals surface area contributed by atoms with Gasteiger partial charge in [0, 0.05) is 17.7 Å². The van der Waals surface area contributed by atoms with Gasteiger partial charge in [0.25, 0.3) is 0 Å². The molecule has 1 aromatic heterocycles. The monoisotopic (exact) mass is 269 g/mol. The minimum Gasteiger partial charge on any atom is -0.309 e. The predicted octanol–water partition coefficient (Wildman–Crippen LogP) is 2.79. The van der Waals surface area contributed by atoms with Crippen LogP contribution >= 0.6 is 0 Å². The molecule has 4 heteroatoms. The highest BCUT2D eigenvalue weighted by Gasteiger charge is 2.39. The smallest absolute Gasteiger partial charge is 0.228 e. The van der Waals surface area contributed by atoms with Gasteiger partial charge in [-0.05, 0) is 30.7 Å². The molecule has 3 rings (SSSR count). The van der Waals surface area contributed by atoms with Crippen molar-refractivity contribution in [3.05, 3.63) is 47.7 Å². The van der Waals surface area contributed by atoms with E-state index in [0.29, 0.717) is 11.7 Å². The van der Waals surface area contributed by atoms with Crippen molar-refractivity contribution in [2.75, 3.05) is 5.32 Å². The van der Waals surface area contributed by atoms with Crippen molar-refractivity contribution in [1.82, 2.24) is 10.2 Å². The van der Waals surface area contributed by atoms with E-state index in [1.807, 2.05) is 24.3 Å². The second-order valence-corrected chi connectivity index (χ2v) is 5.57. The van der Waals surface area contributed by atoms with Gasteiger partial charge in [-0.3, -0.25) is 9.89 Å². The summed E-state index contributed by atoms with van der Waals surface area (Å²) < 4.78 is 0. The molecule has 0 saturated heterocycles. The van der Waals surface area contributed by atoms with Gasteiger partial charge in [-0.2, -0.15) is 5.10 Å². The van der Waals surface area contributed by atoms with Crippen LogP contribution in [-0.4, -0.2) is 16.1 Å². The standard InChI is InChI=1S/C16H19N3O/c1-11-9-14(11)16(20)17-15-10-13(18-19-15)8-7-12-5-3-2-4-6-12/h2-6,10-11,14H,7-9H2,1H3,(H2,17,18,19,20). The number of benzene rings is 1. The van der Waals surface area contributed by atoms with Crippen LogP contribution in [0.2, 0.25) is 0 Å². The molecular formula is C16H19N3O. The highest BCUT2D eigenvalue weighted by atomic mass is 16.2. The average molecular weight is 269 g/mol. The number of aryl methyl sites for hydroxylation is 2. The van der Waals surface area contributed by atoms with Crippen molar-refractivity contribution >= 4 is 11.7 Å². The quantitative estimate of drug-likeness (QED) is 0.877. The highest BCUT2D eigenvalue weighted by Crippen LogP contribution is 2.38. The second-order valence-electron chi connectivity index (χ2n) is 5.57. The van der Waals surface area contributed by atoms with Crippen molar-refractivity contribution < 1.29 is 4.79 Å². The van der Waals surface area contributed by atoms with Gasteiger partial charge in [0.05, 0.1) is 0 Å². The predicted molar refractivity (Wildman–Crippen MR) is 78.3 cm³/mol. The van der Waals surface area contributed by atoms with E-state index in [2.05, 4.69) is 34.6 Å². The van der Waals surface area contributed by atoms with Crippen LogP contribution in [0.5, 0.6) is 0 Å². The number of carbonyl (C=O) groups excluding carboxylic acids is 1. The number of amides is 1. The highest BCUT2D eigenvalue weighted by molar-refractivity contribution is 5.93. The van der Waals surface area contributed by atoms with Crippen LogP contribution in [0.3, 0.4) is 0 Å². The normalized spacial score (nSPS) is 20.6. The zero-order valence-corrected chi connectivity index (χ0v) is 11.6. The molecule has 1 aliphatic rings. The van der Waals surface area contributed by atoms with E-state index in [1.54, 1.807) is 0 Å². The van der Waals surface area contributed by atoms with Crippen LogP contribution < -0.4 is 5.32 Å². The second kappa shape index (κ2) is 5.49. The number of anilines is 1. The van der Waals surface area contributed by atoms with Crippen molar-refractivity contribution in [2.45, 2.75) is 26.2 Å². The van der Waals surface area contributed by atoms with E-state index in [0.717, 1.165) is 25.0 Å². The molecule has 0 spiro atoms. The largest absolute Gasteiger partial charge is 0.309 e. The zero-order chi connectivity index (χ0) is 13.9. The lowest BCUT2D eigenvalue weighted by Gasteiger charge is -1.99. The van der Waals surface area contributed by atoms with Crippen LogP contribution in [0, 0.1) is 11.8 Å². The van der Waals surface area contributed by atoms with Crippen molar-refractivity contribution in [1.29, 1.82) is 0 Å². The maximum atomic E-state index is 11.8. The van der Waals surface area contributed by atoms with Crippen LogP contribution in [-0.2, 0) is 17.6 Å². The summed E-state index contributed by atoms with van der Waals surface area (Å²) in [6.45, 7) is 2.10. The number of hydrogen-bond donors (Lipinski definition) is 2. The van der Waals surface area contributed by atoms with Gasteiger partial charge in [0.15, 0.2) is 5.82 Å². The molecule has 1 fully saturated rings. The van der Waals surface area contributed by atoms with E-state index in [9.17, 15) is 4.79 Å². The summed E-state index contributed by atoms with van der Waals surface area (Å²) in [6.07, 6.45) is 2.86. The van der Waals surface area contributed by atoms with Gasteiger partial charge < -0.3 is 5.32 Å². The summed E-state index contributed by atoms with van der Waals surface area (Å²) in [4.78, 5) is 11.8. The third-order valence-electron chi connectivity index (χ3n) is 3.85. The fraction of sp³-hybridized carbons (Fsp3) is 0.375. The molecule has 20 heavy (non-hydrogen) atoms. The number of H-pyrrole nitrogens is 1. The lowest BCUT2D eigenvalue weighted by atomic mass is 10.1. The first-order valence-corrected chi connectivity index (χ1v) is 7.11. The Balaban J connectivity index is 1.53. The Kier molecular flexibility index (Phi) is 3.54. The Hall–Kier alpha value is -2.10. The molecule has 4 nitrogen and oxygen atoms in total. The number of nitrogens with zero attached hydrogens (tertiary/aromatic N) is 1. The average Bonchev–Trinajstić information content (AvgIpc) is 3.03. The molecule has 1 saturated carbocycles. The first kappa shape index (κ1) is 12.9. The molecule has 0 radical (unpaired) electrons. The molecule has 0 aliphatic heterocycles. The van der Waals surface area contributed by atoms with Crippen LogP contribution in [0.15, 0.2) is 36.4 Å². The molecule has 2 unspecified atom stereocenters. The van der Waals surface area contributed by atoms with Gasteiger partial charge in [0.2, 0.25) is 5.91 Å². The molecule has 2 atom stereocenters. The van der Waals surface area contributed by atoms with E-state index < -0.39 is 0 Å². The molecule has 1 aliphatic carbocycles. The molecule has 1 amide bonds.